The number of amides is 2. The summed E-state index contributed by atoms with van der Waals surface area (Å²) in [5.41, 5.74) is 0.730. The predicted molar refractivity (Wildman–Crippen MR) is 90.4 cm³/mol. The van der Waals surface area contributed by atoms with Gasteiger partial charge in [-0.2, -0.15) is 0 Å². The van der Waals surface area contributed by atoms with E-state index in [-0.39, 0.29) is 30.6 Å². The van der Waals surface area contributed by atoms with Crippen molar-refractivity contribution in [2.75, 3.05) is 19.6 Å². The number of carboxylic acids is 1. The first-order valence-electron chi connectivity index (χ1n) is 7.86. The molecular weight excluding hydrogens is 362 g/mol. The van der Waals surface area contributed by atoms with Crippen LogP contribution in [0.4, 0.5) is 0 Å². The molecule has 10 heteroatoms. The Hall–Kier alpha value is -2.94. The van der Waals surface area contributed by atoms with E-state index in [1.165, 1.54) is 11.1 Å². The Morgan fingerprint density at radius 3 is 2.54 bits per heavy atom. The number of benzene rings is 1. The molecule has 1 aromatic carbocycles. The van der Waals surface area contributed by atoms with Crippen molar-refractivity contribution >= 4 is 29.4 Å². The number of carbonyl (C=O) groups excluding carboxylic acids is 2. The van der Waals surface area contributed by atoms with Crippen LogP contribution < -0.4 is 0 Å². The molecule has 0 saturated carbocycles. The minimum atomic E-state index is -1.21. The average Bonchev–Trinajstić information content (AvgIpc) is 3.07. The molecule has 0 bridgehead atoms. The van der Waals surface area contributed by atoms with Crippen LogP contribution in [-0.4, -0.2) is 67.3 Å². The van der Waals surface area contributed by atoms with Gasteiger partial charge in [-0.25, -0.2) is 9.48 Å². The molecule has 0 unspecified atom stereocenters. The van der Waals surface area contributed by atoms with Crippen molar-refractivity contribution in [3.05, 3.63) is 46.7 Å². The molecule has 2 heterocycles. The van der Waals surface area contributed by atoms with E-state index in [9.17, 15) is 14.4 Å². The van der Waals surface area contributed by atoms with Gasteiger partial charge in [0.15, 0.2) is 5.69 Å². The highest BCUT2D eigenvalue weighted by molar-refractivity contribution is 6.30. The van der Waals surface area contributed by atoms with Gasteiger partial charge in [0.25, 0.3) is 0 Å². The molecule has 1 saturated heterocycles. The zero-order valence-corrected chi connectivity index (χ0v) is 14.5. The monoisotopic (exact) mass is 377 g/mol. The van der Waals surface area contributed by atoms with Crippen LogP contribution in [0.25, 0.3) is 0 Å². The Labute approximate surface area is 153 Å². The molecule has 9 nitrogen and oxygen atoms in total. The number of hydrogen-bond acceptors (Lipinski definition) is 5. The van der Waals surface area contributed by atoms with Crippen LogP contribution in [0.1, 0.15) is 16.1 Å². The Kier molecular flexibility index (Phi) is 5.17. The van der Waals surface area contributed by atoms with E-state index in [0.29, 0.717) is 24.7 Å². The van der Waals surface area contributed by atoms with Gasteiger partial charge in [-0.3, -0.25) is 9.59 Å². The van der Waals surface area contributed by atoms with Crippen LogP contribution >= 0.6 is 11.6 Å². The summed E-state index contributed by atoms with van der Waals surface area (Å²) in [5.74, 6) is -1.68. The summed E-state index contributed by atoms with van der Waals surface area (Å²) >= 11 is 5.85. The Morgan fingerprint density at radius 2 is 1.92 bits per heavy atom. The molecule has 26 heavy (non-hydrogen) atoms. The third kappa shape index (κ3) is 4.17. The van der Waals surface area contributed by atoms with Gasteiger partial charge in [-0.05, 0) is 17.7 Å². The summed E-state index contributed by atoms with van der Waals surface area (Å²) < 4.78 is 1.15. The van der Waals surface area contributed by atoms with Gasteiger partial charge in [0, 0.05) is 24.7 Å². The lowest BCUT2D eigenvalue weighted by Crippen LogP contribution is -2.52. The molecule has 1 aliphatic heterocycles. The summed E-state index contributed by atoms with van der Waals surface area (Å²) in [6, 6.07) is 7.26. The highest BCUT2D eigenvalue weighted by Crippen LogP contribution is 2.13. The third-order valence-electron chi connectivity index (χ3n) is 4.01. The zero-order chi connectivity index (χ0) is 18.7. The molecule has 1 aliphatic rings. The highest BCUT2D eigenvalue weighted by Gasteiger charge is 2.27. The second kappa shape index (κ2) is 7.52. The van der Waals surface area contributed by atoms with Crippen molar-refractivity contribution in [2.24, 2.45) is 0 Å². The van der Waals surface area contributed by atoms with Gasteiger partial charge >= 0.3 is 5.97 Å². The fourth-order valence-electron chi connectivity index (χ4n) is 2.61. The molecule has 136 valence electrons. The van der Waals surface area contributed by atoms with Crippen molar-refractivity contribution in [3.63, 3.8) is 0 Å². The maximum atomic E-state index is 12.3. The van der Waals surface area contributed by atoms with Gasteiger partial charge in [0.1, 0.15) is 6.54 Å². The molecule has 1 aromatic heterocycles. The first kappa shape index (κ1) is 17.9. The highest BCUT2D eigenvalue weighted by atomic mass is 35.5. The van der Waals surface area contributed by atoms with E-state index in [1.807, 2.05) is 12.1 Å². The van der Waals surface area contributed by atoms with E-state index in [2.05, 4.69) is 10.3 Å². The van der Waals surface area contributed by atoms with Crippen LogP contribution in [-0.2, 0) is 22.7 Å². The van der Waals surface area contributed by atoms with Crippen LogP contribution in [0.2, 0.25) is 5.02 Å². The molecule has 2 amide bonds. The van der Waals surface area contributed by atoms with Gasteiger partial charge in [-0.1, -0.05) is 28.9 Å². The maximum absolute atomic E-state index is 12.3. The Balaban J connectivity index is 1.55. The quantitative estimate of drug-likeness (QED) is 0.812. The van der Waals surface area contributed by atoms with Crippen LogP contribution in [0.15, 0.2) is 30.5 Å². The standard InChI is InChI=1S/C16H16ClN5O4/c17-12-3-1-11(2-4-12)7-20-5-6-21(9-14(20)23)15(24)10-22-8-13(16(25)26)18-19-22/h1-4,8H,5-7,9-10H2,(H,25,26). The number of rotatable bonds is 5. The van der Waals surface area contributed by atoms with Crippen LogP contribution in [0.5, 0.6) is 0 Å². The second-order valence-corrected chi connectivity index (χ2v) is 6.30. The van der Waals surface area contributed by atoms with Crippen molar-refractivity contribution in [2.45, 2.75) is 13.1 Å². The largest absolute Gasteiger partial charge is 0.476 e. The fourth-order valence-corrected chi connectivity index (χ4v) is 2.74. The van der Waals surface area contributed by atoms with Crippen molar-refractivity contribution in [1.29, 1.82) is 0 Å². The lowest BCUT2D eigenvalue weighted by molar-refractivity contribution is -0.146. The van der Waals surface area contributed by atoms with Crippen molar-refractivity contribution < 1.29 is 19.5 Å². The first-order chi connectivity index (χ1) is 12.4. The fraction of sp³-hybridized carbons (Fsp3) is 0.312. The number of aromatic nitrogens is 3. The van der Waals surface area contributed by atoms with E-state index < -0.39 is 5.97 Å². The molecule has 1 N–H and O–H groups in total. The average molecular weight is 378 g/mol. The SMILES string of the molecule is O=C(O)c1cn(CC(=O)N2CCN(Cc3ccc(Cl)cc3)C(=O)C2)nn1. The Morgan fingerprint density at radius 1 is 1.19 bits per heavy atom. The lowest BCUT2D eigenvalue weighted by atomic mass is 10.2. The third-order valence-corrected chi connectivity index (χ3v) is 4.27. The maximum Gasteiger partial charge on any atom is 0.358 e. The molecule has 0 aliphatic carbocycles. The summed E-state index contributed by atoms with van der Waals surface area (Å²) in [6.07, 6.45) is 1.18. The topological polar surface area (TPSA) is 109 Å². The molecule has 1 fully saturated rings. The van der Waals surface area contributed by atoms with E-state index >= 15 is 0 Å². The van der Waals surface area contributed by atoms with Gasteiger partial charge < -0.3 is 14.9 Å². The van der Waals surface area contributed by atoms with E-state index in [1.54, 1.807) is 17.0 Å². The molecule has 3 rings (SSSR count). The number of halogens is 1. The molecular formula is C16H16ClN5O4. The summed E-state index contributed by atoms with van der Waals surface area (Å²) in [6.45, 7) is 1.10. The minimum absolute atomic E-state index is 0.0209. The van der Waals surface area contributed by atoms with Gasteiger partial charge in [0.2, 0.25) is 11.8 Å². The van der Waals surface area contributed by atoms with Crippen molar-refractivity contribution in [3.8, 4) is 0 Å². The molecule has 0 spiro atoms. The van der Waals surface area contributed by atoms with Gasteiger partial charge in [-0.15, -0.1) is 5.10 Å². The number of carboxylic acid groups (broad SMARTS) is 1. The van der Waals surface area contributed by atoms with E-state index in [4.69, 9.17) is 16.7 Å². The number of hydrogen-bond donors (Lipinski definition) is 1. The van der Waals surface area contributed by atoms with Gasteiger partial charge in [0.05, 0.1) is 12.7 Å². The molecule has 2 aromatic rings. The normalized spacial score (nSPS) is 14.6. The number of nitrogens with zero attached hydrogens (tertiary/aromatic N) is 5. The molecule has 0 radical (unpaired) electrons. The van der Waals surface area contributed by atoms with E-state index in [0.717, 1.165) is 10.2 Å². The number of aromatic carboxylic acids is 1. The minimum Gasteiger partial charge on any atom is -0.476 e. The van der Waals surface area contributed by atoms with Crippen LogP contribution in [0.3, 0.4) is 0 Å². The summed E-state index contributed by atoms with van der Waals surface area (Å²) in [4.78, 5) is 38.5. The van der Waals surface area contributed by atoms with Crippen LogP contribution in [0, 0.1) is 0 Å². The predicted octanol–water partition coefficient (Wildman–Crippen LogP) is 0.501. The van der Waals surface area contributed by atoms with Crippen molar-refractivity contribution in [1.82, 2.24) is 24.8 Å². The summed E-state index contributed by atoms with van der Waals surface area (Å²) in [5, 5.41) is 16.5. The smallest absolute Gasteiger partial charge is 0.358 e. The summed E-state index contributed by atoms with van der Waals surface area (Å²) in [7, 11) is 0. The number of carbonyl (C=O) groups is 3. The lowest BCUT2D eigenvalue weighted by Gasteiger charge is -2.34. The number of piperazine rings is 1. The Bertz CT molecular complexity index is 835. The molecule has 0 atom stereocenters. The second-order valence-electron chi connectivity index (χ2n) is 5.86. The zero-order valence-electron chi connectivity index (χ0n) is 13.7. The first-order valence-corrected chi connectivity index (χ1v) is 8.23.